The molecule has 0 aliphatic carbocycles. The largest absolute Gasteiger partial charge is 0.378 e. The van der Waals surface area contributed by atoms with Crippen molar-refractivity contribution in [2.75, 3.05) is 18.6 Å². The number of halogens is 1. The lowest BCUT2D eigenvalue weighted by molar-refractivity contribution is -0.127. The van der Waals surface area contributed by atoms with Crippen LogP contribution in [0, 0.1) is 5.92 Å². The molecule has 0 unspecified atom stereocenters. The molecule has 19 heavy (non-hydrogen) atoms. The SMILES string of the molecule is CC[C@@H]1C[C@H](C(=O)N(C)c2ncccc2Br)CCO1. The molecule has 104 valence electrons. The van der Waals surface area contributed by atoms with Crippen LogP contribution in [0.15, 0.2) is 22.8 Å². The van der Waals surface area contributed by atoms with Crippen LogP contribution in [-0.4, -0.2) is 30.6 Å². The van der Waals surface area contributed by atoms with Gasteiger partial charge in [-0.05, 0) is 47.3 Å². The molecular weight excluding hydrogens is 308 g/mol. The summed E-state index contributed by atoms with van der Waals surface area (Å²) in [5.74, 6) is 0.839. The normalized spacial score (nSPS) is 23.1. The highest BCUT2D eigenvalue weighted by atomic mass is 79.9. The van der Waals surface area contributed by atoms with Crippen LogP contribution in [0.3, 0.4) is 0 Å². The highest BCUT2D eigenvalue weighted by molar-refractivity contribution is 9.10. The highest BCUT2D eigenvalue weighted by Crippen LogP contribution is 2.28. The zero-order valence-corrected chi connectivity index (χ0v) is 12.9. The highest BCUT2D eigenvalue weighted by Gasteiger charge is 2.30. The predicted molar refractivity (Wildman–Crippen MR) is 78.1 cm³/mol. The third-order valence-electron chi connectivity index (χ3n) is 3.56. The van der Waals surface area contributed by atoms with E-state index >= 15 is 0 Å². The van der Waals surface area contributed by atoms with Crippen molar-refractivity contribution in [2.45, 2.75) is 32.3 Å². The summed E-state index contributed by atoms with van der Waals surface area (Å²) in [4.78, 5) is 18.4. The maximum absolute atomic E-state index is 12.5. The van der Waals surface area contributed by atoms with Crippen LogP contribution >= 0.6 is 15.9 Å². The van der Waals surface area contributed by atoms with Gasteiger partial charge < -0.3 is 4.74 Å². The Labute approximate surface area is 122 Å². The Morgan fingerprint density at radius 1 is 1.63 bits per heavy atom. The first kappa shape index (κ1) is 14.5. The van der Waals surface area contributed by atoms with E-state index in [1.165, 1.54) is 0 Å². The Kier molecular flexibility index (Phi) is 4.93. The fraction of sp³-hybridized carbons (Fsp3) is 0.571. The summed E-state index contributed by atoms with van der Waals surface area (Å²) in [6.45, 7) is 2.77. The van der Waals surface area contributed by atoms with Gasteiger partial charge in [-0.1, -0.05) is 6.92 Å². The van der Waals surface area contributed by atoms with E-state index < -0.39 is 0 Å². The monoisotopic (exact) mass is 326 g/mol. The van der Waals surface area contributed by atoms with Gasteiger partial charge >= 0.3 is 0 Å². The quantitative estimate of drug-likeness (QED) is 0.857. The van der Waals surface area contributed by atoms with Crippen molar-refractivity contribution in [1.82, 2.24) is 4.98 Å². The van der Waals surface area contributed by atoms with Gasteiger partial charge in [-0.25, -0.2) is 4.98 Å². The van der Waals surface area contributed by atoms with Crippen molar-refractivity contribution in [3.05, 3.63) is 22.8 Å². The molecule has 0 saturated carbocycles. The fourth-order valence-electron chi connectivity index (χ4n) is 2.39. The Balaban J connectivity index is 2.09. The zero-order valence-electron chi connectivity index (χ0n) is 11.3. The number of anilines is 1. The molecule has 1 aromatic heterocycles. The molecule has 5 heteroatoms. The van der Waals surface area contributed by atoms with Crippen molar-refractivity contribution >= 4 is 27.7 Å². The van der Waals surface area contributed by atoms with Crippen molar-refractivity contribution in [3.63, 3.8) is 0 Å². The van der Waals surface area contributed by atoms with Crippen molar-refractivity contribution in [3.8, 4) is 0 Å². The molecule has 1 aromatic rings. The molecule has 0 spiro atoms. The minimum absolute atomic E-state index is 0.0395. The first-order valence-corrected chi connectivity index (χ1v) is 7.42. The molecule has 1 aliphatic rings. The number of hydrogen-bond donors (Lipinski definition) is 0. The molecule has 2 atom stereocenters. The van der Waals surface area contributed by atoms with E-state index in [1.807, 2.05) is 12.1 Å². The molecule has 0 bridgehead atoms. The smallest absolute Gasteiger partial charge is 0.231 e. The first-order valence-electron chi connectivity index (χ1n) is 6.63. The number of ether oxygens (including phenoxy) is 1. The maximum Gasteiger partial charge on any atom is 0.231 e. The van der Waals surface area contributed by atoms with Gasteiger partial charge in [0.1, 0.15) is 5.82 Å². The topological polar surface area (TPSA) is 42.4 Å². The molecular formula is C14H19BrN2O2. The van der Waals surface area contributed by atoms with E-state index in [0.717, 1.165) is 23.7 Å². The molecule has 1 fully saturated rings. The molecule has 0 aromatic carbocycles. The molecule has 0 N–H and O–H groups in total. The second-order valence-electron chi connectivity index (χ2n) is 4.83. The number of aromatic nitrogens is 1. The van der Waals surface area contributed by atoms with Crippen LogP contribution in [0.2, 0.25) is 0 Å². The minimum Gasteiger partial charge on any atom is -0.378 e. The van der Waals surface area contributed by atoms with Crippen LogP contribution in [-0.2, 0) is 9.53 Å². The Hall–Kier alpha value is -0.940. The van der Waals surface area contributed by atoms with Crippen LogP contribution < -0.4 is 4.90 Å². The van der Waals surface area contributed by atoms with E-state index in [1.54, 1.807) is 18.1 Å². The number of amides is 1. The third kappa shape index (κ3) is 3.34. The summed E-state index contributed by atoms with van der Waals surface area (Å²) < 4.78 is 6.46. The van der Waals surface area contributed by atoms with Gasteiger partial charge in [-0.3, -0.25) is 9.69 Å². The Morgan fingerprint density at radius 2 is 2.42 bits per heavy atom. The summed E-state index contributed by atoms with van der Waals surface area (Å²) in [7, 11) is 1.78. The maximum atomic E-state index is 12.5. The summed E-state index contributed by atoms with van der Waals surface area (Å²) >= 11 is 3.43. The summed E-state index contributed by atoms with van der Waals surface area (Å²) in [5, 5.41) is 0. The van der Waals surface area contributed by atoms with Gasteiger partial charge in [-0.15, -0.1) is 0 Å². The molecule has 1 aliphatic heterocycles. The van der Waals surface area contributed by atoms with Crippen LogP contribution in [0.4, 0.5) is 5.82 Å². The van der Waals surface area contributed by atoms with E-state index in [0.29, 0.717) is 12.4 Å². The molecule has 1 amide bonds. The van der Waals surface area contributed by atoms with Crippen LogP contribution in [0.25, 0.3) is 0 Å². The fourth-order valence-corrected chi connectivity index (χ4v) is 2.91. The number of carbonyl (C=O) groups is 1. The van der Waals surface area contributed by atoms with Gasteiger partial charge in [0.25, 0.3) is 0 Å². The number of carbonyl (C=O) groups excluding carboxylic acids is 1. The van der Waals surface area contributed by atoms with E-state index in [2.05, 4.69) is 27.8 Å². The second-order valence-corrected chi connectivity index (χ2v) is 5.68. The zero-order chi connectivity index (χ0) is 13.8. The predicted octanol–water partition coefficient (Wildman–Crippen LogP) is 3.01. The molecule has 1 saturated heterocycles. The van der Waals surface area contributed by atoms with E-state index in [-0.39, 0.29) is 17.9 Å². The summed E-state index contributed by atoms with van der Waals surface area (Å²) in [5.41, 5.74) is 0. The Morgan fingerprint density at radius 3 is 3.11 bits per heavy atom. The van der Waals surface area contributed by atoms with E-state index in [4.69, 9.17) is 4.74 Å². The van der Waals surface area contributed by atoms with Crippen molar-refractivity contribution in [1.29, 1.82) is 0 Å². The lowest BCUT2D eigenvalue weighted by atomic mass is 9.93. The summed E-state index contributed by atoms with van der Waals surface area (Å²) in [6, 6.07) is 3.73. The lowest BCUT2D eigenvalue weighted by Gasteiger charge is -2.30. The lowest BCUT2D eigenvalue weighted by Crippen LogP contribution is -2.38. The summed E-state index contributed by atoms with van der Waals surface area (Å²) in [6.07, 6.45) is 4.47. The van der Waals surface area contributed by atoms with Crippen LogP contribution in [0.5, 0.6) is 0 Å². The standard InChI is InChI=1S/C14H19BrN2O2/c1-3-11-9-10(6-8-19-11)14(18)17(2)13-12(15)5-4-7-16-13/h4-5,7,10-11H,3,6,8-9H2,1-2H3/t10-,11-/m1/s1. The third-order valence-corrected chi connectivity index (χ3v) is 4.18. The van der Waals surface area contributed by atoms with Crippen molar-refractivity contribution < 1.29 is 9.53 Å². The number of nitrogens with zero attached hydrogens (tertiary/aromatic N) is 2. The number of rotatable bonds is 3. The average molecular weight is 327 g/mol. The van der Waals surface area contributed by atoms with Gasteiger partial charge in [0.15, 0.2) is 0 Å². The average Bonchev–Trinajstić information content (AvgIpc) is 2.46. The molecule has 2 heterocycles. The first-order chi connectivity index (χ1) is 9.13. The molecule has 0 radical (unpaired) electrons. The number of pyridine rings is 1. The second kappa shape index (κ2) is 6.48. The van der Waals surface area contributed by atoms with Gasteiger partial charge in [0.05, 0.1) is 10.6 Å². The molecule has 4 nitrogen and oxygen atoms in total. The molecule has 2 rings (SSSR count). The van der Waals surface area contributed by atoms with Gasteiger partial charge in [0.2, 0.25) is 5.91 Å². The van der Waals surface area contributed by atoms with Crippen molar-refractivity contribution in [2.24, 2.45) is 5.92 Å². The van der Waals surface area contributed by atoms with Crippen LogP contribution in [0.1, 0.15) is 26.2 Å². The van der Waals surface area contributed by atoms with Gasteiger partial charge in [-0.2, -0.15) is 0 Å². The number of hydrogen-bond acceptors (Lipinski definition) is 3. The van der Waals surface area contributed by atoms with Gasteiger partial charge in [0, 0.05) is 25.8 Å². The van der Waals surface area contributed by atoms with E-state index in [9.17, 15) is 4.79 Å². The Bertz CT molecular complexity index is 453. The minimum atomic E-state index is 0.0395.